The number of halogens is 2. The van der Waals surface area contributed by atoms with Crippen LogP contribution in [0.15, 0.2) is 108 Å². The standard InChI is InChI=1S/C32H25Cl2N3O5S/c1-19(29(38)35-22-15-13-21(14-16-22)32(41)42)43-24-10-5-9-23(17-24)36-31(40)28(18-25-26(33)11-6-12-27(25)34)37-30(39)20-7-3-2-4-8-20/h2-19H,1H3,(H,35,38)(H,36,40)(H,37,39)(H,41,42)/b28-18+. The van der Waals surface area contributed by atoms with Crippen molar-refractivity contribution in [3.8, 4) is 0 Å². The molecular weight excluding hydrogens is 609 g/mol. The highest BCUT2D eigenvalue weighted by Crippen LogP contribution is 2.29. The number of rotatable bonds is 10. The molecule has 4 aromatic rings. The second-order valence-electron chi connectivity index (χ2n) is 9.13. The van der Waals surface area contributed by atoms with Crippen LogP contribution in [0.5, 0.6) is 0 Å². The Hall–Kier alpha value is -4.57. The molecular formula is C32H25Cl2N3O5S. The van der Waals surface area contributed by atoms with Crippen molar-refractivity contribution in [2.45, 2.75) is 17.1 Å². The van der Waals surface area contributed by atoms with Crippen molar-refractivity contribution in [3.05, 3.63) is 129 Å². The van der Waals surface area contributed by atoms with Crippen LogP contribution in [0, 0.1) is 0 Å². The van der Waals surface area contributed by atoms with Gasteiger partial charge in [0.15, 0.2) is 0 Å². The Labute approximate surface area is 262 Å². The Bertz CT molecular complexity index is 1680. The molecule has 0 heterocycles. The molecule has 8 nitrogen and oxygen atoms in total. The molecule has 0 aliphatic heterocycles. The molecule has 4 rings (SSSR count). The fourth-order valence-electron chi connectivity index (χ4n) is 3.78. The molecule has 0 aliphatic carbocycles. The third-order valence-electron chi connectivity index (χ3n) is 5.99. The van der Waals surface area contributed by atoms with Crippen LogP contribution in [-0.4, -0.2) is 34.0 Å². The van der Waals surface area contributed by atoms with E-state index in [0.717, 1.165) is 0 Å². The summed E-state index contributed by atoms with van der Waals surface area (Å²) in [7, 11) is 0. The Balaban J connectivity index is 1.49. The number of carbonyl (C=O) groups is 4. The highest BCUT2D eigenvalue weighted by atomic mass is 35.5. The minimum Gasteiger partial charge on any atom is -0.478 e. The molecule has 0 spiro atoms. The summed E-state index contributed by atoms with van der Waals surface area (Å²) in [5, 5.41) is 17.3. The second kappa shape index (κ2) is 14.6. The second-order valence-corrected chi connectivity index (χ2v) is 11.4. The van der Waals surface area contributed by atoms with Crippen LogP contribution in [0.25, 0.3) is 6.08 Å². The van der Waals surface area contributed by atoms with E-state index >= 15 is 0 Å². The average Bonchev–Trinajstić information content (AvgIpc) is 2.99. The van der Waals surface area contributed by atoms with Gasteiger partial charge in [-0.3, -0.25) is 14.4 Å². The number of carbonyl (C=O) groups excluding carboxylic acids is 3. The zero-order valence-corrected chi connectivity index (χ0v) is 25.0. The predicted molar refractivity (Wildman–Crippen MR) is 171 cm³/mol. The SMILES string of the molecule is CC(Sc1cccc(NC(=O)/C(=C\c2c(Cl)cccc2Cl)NC(=O)c2ccccc2)c1)C(=O)Nc1ccc(C(=O)O)cc1. The summed E-state index contributed by atoms with van der Waals surface area (Å²) in [6.45, 7) is 1.73. The minimum atomic E-state index is -1.05. The van der Waals surface area contributed by atoms with Crippen LogP contribution in [0.2, 0.25) is 10.0 Å². The molecule has 43 heavy (non-hydrogen) atoms. The maximum Gasteiger partial charge on any atom is 0.335 e. The Morgan fingerprint density at radius 2 is 1.42 bits per heavy atom. The molecule has 218 valence electrons. The monoisotopic (exact) mass is 633 g/mol. The normalized spacial score (nSPS) is 11.7. The first-order valence-corrected chi connectivity index (χ1v) is 14.5. The molecule has 1 atom stereocenters. The van der Waals surface area contributed by atoms with Crippen molar-refractivity contribution in [2.75, 3.05) is 10.6 Å². The zero-order chi connectivity index (χ0) is 30.9. The molecule has 4 N–H and O–H groups in total. The number of hydrogen-bond acceptors (Lipinski definition) is 5. The quantitative estimate of drug-likeness (QED) is 0.108. The van der Waals surface area contributed by atoms with Crippen LogP contribution >= 0.6 is 35.0 Å². The molecule has 0 aromatic heterocycles. The van der Waals surface area contributed by atoms with Crippen LogP contribution in [0.4, 0.5) is 11.4 Å². The number of carboxylic acids is 1. The van der Waals surface area contributed by atoms with Gasteiger partial charge in [-0.2, -0.15) is 0 Å². The summed E-state index contributed by atoms with van der Waals surface area (Å²) >= 11 is 13.9. The number of hydrogen-bond donors (Lipinski definition) is 4. The lowest BCUT2D eigenvalue weighted by Crippen LogP contribution is -2.30. The zero-order valence-electron chi connectivity index (χ0n) is 22.6. The smallest absolute Gasteiger partial charge is 0.335 e. The summed E-state index contributed by atoms with van der Waals surface area (Å²) in [5.41, 5.74) is 1.66. The number of carboxylic acid groups (broad SMARTS) is 1. The summed E-state index contributed by atoms with van der Waals surface area (Å²) in [6, 6.07) is 26.1. The van der Waals surface area contributed by atoms with Crippen molar-refractivity contribution in [1.29, 1.82) is 0 Å². The molecule has 3 amide bonds. The largest absolute Gasteiger partial charge is 0.478 e. The summed E-state index contributed by atoms with van der Waals surface area (Å²) < 4.78 is 0. The number of thioether (sulfide) groups is 1. The van der Waals surface area contributed by atoms with Gasteiger partial charge in [-0.15, -0.1) is 11.8 Å². The summed E-state index contributed by atoms with van der Waals surface area (Å²) in [5.74, 6) is -2.44. The maximum atomic E-state index is 13.4. The Kier molecular flexibility index (Phi) is 10.6. The van der Waals surface area contributed by atoms with Gasteiger partial charge in [0, 0.05) is 37.4 Å². The lowest BCUT2D eigenvalue weighted by molar-refractivity contribution is -0.115. The number of amides is 3. The highest BCUT2D eigenvalue weighted by molar-refractivity contribution is 8.00. The molecule has 0 aliphatic rings. The van der Waals surface area contributed by atoms with E-state index in [-0.39, 0.29) is 17.2 Å². The third kappa shape index (κ3) is 8.71. The topological polar surface area (TPSA) is 125 Å². The Morgan fingerprint density at radius 1 is 0.767 bits per heavy atom. The van der Waals surface area contributed by atoms with E-state index in [2.05, 4.69) is 16.0 Å². The van der Waals surface area contributed by atoms with Gasteiger partial charge in [0.25, 0.3) is 11.8 Å². The highest BCUT2D eigenvalue weighted by Gasteiger charge is 2.18. The van der Waals surface area contributed by atoms with Gasteiger partial charge in [-0.25, -0.2) is 4.79 Å². The number of nitrogens with one attached hydrogen (secondary N) is 3. The molecule has 4 aromatic carbocycles. The van der Waals surface area contributed by atoms with E-state index < -0.39 is 23.0 Å². The summed E-state index contributed by atoms with van der Waals surface area (Å²) in [6.07, 6.45) is 1.41. The van der Waals surface area contributed by atoms with Crippen molar-refractivity contribution in [1.82, 2.24) is 5.32 Å². The molecule has 0 saturated carbocycles. The molecule has 0 fully saturated rings. The minimum absolute atomic E-state index is 0.0800. The first-order valence-electron chi connectivity index (χ1n) is 12.8. The molecule has 1 unspecified atom stereocenters. The van der Waals surface area contributed by atoms with Gasteiger partial charge >= 0.3 is 5.97 Å². The van der Waals surface area contributed by atoms with Gasteiger partial charge < -0.3 is 21.1 Å². The predicted octanol–water partition coefficient (Wildman–Crippen LogP) is 7.22. The van der Waals surface area contributed by atoms with Gasteiger partial charge in [-0.1, -0.05) is 53.5 Å². The molecule has 0 saturated heterocycles. The van der Waals surface area contributed by atoms with E-state index in [0.29, 0.717) is 37.4 Å². The number of anilines is 2. The van der Waals surface area contributed by atoms with Crippen LogP contribution in [0.1, 0.15) is 33.2 Å². The van der Waals surface area contributed by atoms with Crippen molar-refractivity contribution in [3.63, 3.8) is 0 Å². The van der Waals surface area contributed by atoms with E-state index in [1.165, 1.54) is 42.1 Å². The van der Waals surface area contributed by atoms with Gasteiger partial charge in [0.05, 0.1) is 10.8 Å². The van der Waals surface area contributed by atoms with Gasteiger partial charge in [0.1, 0.15) is 5.70 Å². The van der Waals surface area contributed by atoms with Gasteiger partial charge in [0.2, 0.25) is 5.91 Å². The van der Waals surface area contributed by atoms with Crippen LogP contribution in [-0.2, 0) is 9.59 Å². The summed E-state index contributed by atoms with van der Waals surface area (Å²) in [4.78, 5) is 50.8. The molecule has 11 heteroatoms. The lowest BCUT2D eigenvalue weighted by atomic mass is 10.1. The molecule has 0 bridgehead atoms. The van der Waals surface area contributed by atoms with Crippen LogP contribution in [0.3, 0.4) is 0 Å². The van der Waals surface area contributed by atoms with E-state index in [9.17, 15) is 19.2 Å². The lowest BCUT2D eigenvalue weighted by Gasteiger charge is -2.14. The number of aromatic carboxylic acids is 1. The number of benzene rings is 4. The fourth-order valence-corrected chi connectivity index (χ4v) is 5.21. The van der Waals surface area contributed by atoms with E-state index in [1.54, 1.807) is 79.7 Å². The van der Waals surface area contributed by atoms with Gasteiger partial charge in [-0.05, 0) is 79.7 Å². The fraction of sp³-hybridized carbons (Fsp3) is 0.0625. The average molecular weight is 635 g/mol. The first kappa shape index (κ1) is 31.4. The third-order valence-corrected chi connectivity index (χ3v) is 7.74. The van der Waals surface area contributed by atoms with E-state index in [4.69, 9.17) is 28.3 Å². The van der Waals surface area contributed by atoms with Crippen molar-refractivity contribution < 1.29 is 24.3 Å². The Morgan fingerprint density at radius 3 is 2.07 bits per heavy atom. The molecule has 0 radical (unpaired) electrons. The van der Waals surface area contributed by atoms with Crippen molar-refractivity contribution in [2.24, 2.45) is 0 Å². The van der Waals surface area contributed by atoms with Crippen molar-refractivity contribution >= 4 is 76.1 Å². The van der Waals surface area contributed by atoms with Crippen LogP contribution < -0.4 is 16.0 Å². The maximum absolute atomic E-state index is 13.4. The van der Waals surface area contributed by atoms with E-state index in [1.807, 2.05) is 0 Å². The first-order chi connectivity index (χ1) is 20.6.